The molecule has 0 N–H and O–H groups in total. The minimum absolute atomic E-state index is 0.593. The van der Waals surface area contributed by atoms with Crippen LogP contribution in [0.2, 0.25) is 0 Å². The van der Waals surface area contributed by atoms with Gasteiger partial charge in [0, 0.05) is 21.7 Å². The van der Waals surface area contributed by atoms with E-state index in [1.165, 1.54) is 5.56 Å². The first kappa shape index (κ1) is 13.8. The lowest BCUT2D eigenvalue weighted by Crippen LogP contribution is -2.36. The van der Waals surface area contributed by atoms with E-state index in [0.717, 1.165) is 17.8 Å². The van der Waals surface area contributed by atoms with Crippen LogP contribution in [0, 0.1) is 0 Å². The highest BCUT2D eigenvalue weighted by Crippen LogP contribution is 2.21. The Balaban J connectivity index is 2.01. The first-order valence-electron chi connectivity index (χ1n) is 6.90. The highest BCUT2D eigenvalue weighted by atomic mass is 15.1. The summed E-state index contributed by atoms with van der Waals surface area (Å²) in [6.45, 7) is 0.754. The fourth-order valence-electron chi connectivity index (χ4n) is 2.32. The topological polar surface area (TPSA) is 65.5 Å². The molecule has 0 atom stereocenters. The number of hydrogen-bond donors (Lipinski definition) is 0. The molecule has 0 saturated carbocycles. The van der Waals surface area contributed by atoms with Crippen molar-refractivity contribution in [1.29, 1.82) is 0 Å². The van der Waals surface area contributed by atoms with Crippen LogP contribution in [-0.4, -0.2) is 4.98 Å². The third kappa shape index (κ3) is 3.11. The predicted octanol–water partition coefficient (Wildman–Crippen LogP) is 4.03. The zero-order chi connectivity index (χ0) is 15.2. The van der Waals surface area contributed by atoms with Crippen molar-refractivity contribution in [3.05, 3.63) is 89.2 Å². The molecule has 0 aliphatic rings. The predicted molar refractivity (Wildman–Crippen MR) is 84.2 cm³/mol. The lowest BCUT2D eigenvalue weighted by Gasteiger charge is -2.04. The highest BCUT2D eigenvalue weighted by molar-refractivity contribution is 5.60. The van der Waals surface area contributed by atoms with Gasteiger partial charge in [-0.25, -0.2) is 0 Å². The maximum absolute atomic E-state index is 8.57. The van der Waals surface area contributed by atoms with Crippen molar-refractivity contribution < 1.29 is 4.57 Å². The molecule has 3 rings (SSSR count). The van der Waals surface area contributed by atoms with E-state index in [0.29, 0.717) is 5.69 Å². The highest BCUT2D eigenvalue weighted by Gasteiger charge is 2.13. The van der Waals surface area contributed by atoms with E-state index in [2.05, 4.69) is 31.7 Å². The van der Waals surface area contributed by atoms with E-state index in [1.54, 1.807) is 12.3 Å². The van der Waals surface area contributed by atoms with Gasteiger partial charge in [0.25, 0.3) is 0 Å². The van der Waals surface area contributed by atoms with E-state index < -0.39 is 0 Å². The second-order valence-electron chi connectivity index (χ2n) is 4.81. The summed E-state index contributed by atoms with van der Waals surface area (Å²) in [4.78, 5) is 7.05. The summed E-state index contributed by atoms with van der Waals surface area (Å²) in [5.74, 6) is 0. The molecule has 0 fully saturated rings. The number of nitrogens with zero attached hydrogens (tertiary/aromatic N) is 5. The van der Waals surface area contributed by atoms with Crippen molar-refractivity contribution in [1.82, 2.24) is 4.98 Å². The minimum Gasteiger partial charge on any atom is -0.252 e. The Kier molecular flexibility index (Phi) is 4.09. The minimum atomic E-state index is 0.593. The summed E-state index contributed by atoms with van der Waals surface area (Å²) >= 11 is 0. The Morgan fingerprint density at radius 2 is 1.95 bits per heavy atom. The van der Waals surface area contributed by atoms with Crippen LogP contribution >= 0.6 is 0 Å². The van der Waals surface area contributed by atoms with Crippen LogP contribution in [0.25, 0.3) is 21.7 Å². The Bertz CT molecular complexity index is 823. The largest absolute Gasteiger partial charge is 0.252 e. The molecule has 22 heavy (non-hydrogen) atoms. The van der Waals surface area contributed by atoms with Gasteiger partial charge in [-0.15, -0.1) is 0 Å². The van der Waals surface area contributed by atoms with Crippen molar-refractivity contribution >= 4 is 5.69 Å². The van der Waals surface area contributed by atoms with Crippen molar-refractivity contribution in [3.63, 3.8) is 0 Å². The van der Waals surface area contributed by atoms with Crippen molar-refractivity contribution in [2.75, 3.05) is 0 Å². The molecule has 2 aromatic carbocycles. The summed E-state index contributed by atoms with van der Waals surface area (Å²) in [7, 11) is 0. The molecule has 0 radical (unpaired) electrons. The molecule has 0 amide bonds. The molecule has 0 spiro atoms. The zero-order valence-corrected chi connectivity index (χ0v) is 11.9. The molecule has 5 nitrogen and oxygen atoms in total. The maximum atomic E-state index is 8.57. The molecule has 1 heterocycles. The molecule has 0 unspecified atom stereocenters. The molecule has 1 aromatic heterocycles. The average molecular weight is 288 g/mol. The smallest absolute Gasteiger partial charge is 0.231 e. The van der Waals surface area contributed by atoms with Gasteiger partial charge in [0.15, 0.2) is 12.7 Å². The Labute approximate surface area is 128 Å². The maximum Gasteiger partial charge on any atom is 0.231 e. The van der Waals surface area contributed by atoms with Gasteiger partial charge in [-0.2, -0.15) is 4.57 Å². The monoisotopic (exact) mass is 288 g/mol. The van der Waals surface area contributed by atoms with E-state index in [4.69, 9.17) is 5.53 Å². The fraction of sp³-hybridized carbons (Fsp3) is 0.0588. The van der Waals surface area contributed by atoms with E-state index in [-0.39, 0.29) is 0 Å². The van der Waals surface area contributed by atoms with Gasteiger partial charge >= 0.3 is 0 Å². The summed E-state index contributed by atoms with van der Waals surface area (Å²) in [6, 6.07) is 17.7. The summed E-state index contributed by atoms with van der Waals surface area (Å²) in [5, 5.41) is 3.66. The second-order valence-corrected chi connectivity index (χ2v) is 4.81. The lowest BCUT2D eigenvalue weighted by atomic mass is 10.1. The van der Waals surface area contributed by atoms with E-state index in [9.17, 15) is 0 Å². The van der Waals surface area contributed by atoms with Crippen LogP contribution in [0.1, 0.15) is 5.56 Å². The van der Waals surface area contributed by atoms with Crippen molar-refractivity contribution in [2.24, 2.45) is 5.11 Å². The third-order valence-corrected chi connectivity index (χ3v) is 3.34. The first-order chi connectivity index (χ1) is 10.9. The quantitative estimate of drug-likeness (QED) is 0.309. The van der Waals surface area contributed by atoms with Gasteiger partial charge in [0.1, 0.15) is 0 Å². The number of hydrogen-bond acceptors (Lipinski definition) is 2. The standard InChI is InChI=1S/C17H14N5/c18-21-20-16-8-4-7-15(11-16)17-12-19-9-10-22(17)13-14-5-2-1-3-6-14/h1-12H,13H2/q+1. The summed E-state index contributed by atoms with van der Waals surface area (Å²) < 4.78 is 2.12. The zero-order valence-electron chi connectivity index (χ0n) is 11.9. The number of benzene rings is 2. The summed E-state index contributed by atoms with van der Waals surface area (Å²) in [6.07, 6.45) is 5.53. The van der Waals surface area contributed by atoms with Crippen LogP contribution in [0.5, 0.6) is 0 Å². The Morgan fingerprint density at radius 1 is 1.09 bits per heavy atom. The molecule has 106 valence electrons. The summed E-state index contributed by atoms with van der Waals surface area (Å²) in [5.41, 5.74) is 12.3. The number of aromatic nitrogens is 2. The van der Waals surface area contributed by atoms with Gasteiger partial charge in [-0.05, 0) is 17.7 Å². The fourth-order valence-corrected chi connectivity index (χ4v) is 2.32. The molecule has 0 saturated heterocycles. The molecular formula is C17H14N5+. The molecule has 0 aliphatic heterocycles. The van der Waals surface area contributed by atoms with Gasteiger partial charge in [0.2, 0.25) is 5.69 Å². The van der Waals surface area contributed by atoms with Crippen LogP contribution in [-0.2, 0) is 6.54 Å². The molecule has 5 heteroatoms. The van der Waals surface area contributed by atoms with E-state index >= 15 is 0 Å². The lowest BCUT2D eigenvalue weighted by molar-refractivity contribution is -0.678. The van der Waals surface area contributed by atoms with Gasteiger partial charge in [-0.1, -0.05) is 47.6 Å². The van der Waals surface area contributed by atoms with Gasteiger partial charge < -0.3 is 0 Å². The van der Waals surface area contributed by atoms with Crippen LogP contribution in [0.3, 0.4) is 0 Å². The van der Waals surface area contributed by atoms with Crippen LogP contribution in [0.15, 0.2) is 78.3 Å². The first-order valence-corrected chi connectivity index (χ1v) is 6.90. The number of rotatable bonds is 4. The molecular weight excluding hydrogens is 274 g/mol. The van der Waals surface area contributed by atoms with Crippen molar-refractivity contribution in [3.8, 4) is 11.3 Å². The van der Waals surface area contributed by atoms with Crippen LogP contribution in [0.4, 0.5) is 5.69 Å². The Hall–Kier alpha value is -3.17. The molecule has 0 aliphatic carbocycles. The van der Waals surface area contributed by atoms with Crippen molar-refractivity contribution in [2.45, 2.75) is 6.54 Å². The number of azide groups is 1. The SMILES string of the molecule is [N-]=[N+]=Nc1cccc(-c2cncc[n+]2Cc2ccccc2)c1. The van der Waals surface area contributed by atoms with Gasteiger partial charge in [-0.3, -0.25) is 4.98 Å². The normalized spacial score (nSPS) is 10.0. The average Bonchev–Trinajstić information content (AvgIpc) is 2.57. The van der Waals surface area contributed by atoms with Gasteiger partial charge in [0.05, 0.1) is 12.4 Å². The molecule has 0 bridgehead atoms. The third-order valence-electron chi connectivity index (χ3n) is 3.34. The van der Waals surface area contributed by atoms with E-state index in [1.807, 2.05) is 48.8 Å². The van der Waals surface area contributed by atoms with Crippen LogP contribution < -0.4 is 4.57 Å². The Morgan fingerprint density at radius 3 is 2.77 bits per heavy atom. The second kappa shape index (κ2) is 6.52. The molecule has 3 aromatic rings.